The zero-order chi connectivity index (χ0) is 23.0. The molecule has 0 saturated heterocycles. The normalized spacial score (nSPS) is 14.3. The molecular weight excluding hydrogens is 431 g/mol. The zero-order valence-corrected chi connectivity index (χ0v) is 18.5. The van der Waals surface area contributed by atoms with E-state index in [1.807, 2.05) is 12.1 Å². The molecule has 1 heterocycles. The van der Waals surface area contributed by atoms with Crippen LogP contribution in [0.4, 0.5) is 4.39 Å². The molecule has 6 heteroatoms. The van der Waals surface area contributed by atoms with E-state index in [9.17, 15) is 14.0 Å². The number of Topliss-reactive ketones (excluding diaryl/α,β-unsaturated/α-hetero) is 1. The summed E-state index contributed by atoms with van der Waals surface area (Å²) in [6, 6.07) is 15.9. The highest BCUT2D eigenvalue weighted by Gasteiger charge is 2.29. The van der Waals surface area contributed by atoms with Gasteiger partial charge in [-0.15, -0.1) is 0 Å². The predicted octanol–water partition coefficient (Wildman–Crippen LogP) is 6.61. The van der Waals surface area contributed by atoms with E-state index < -0.39 is 17.6 Å². The van der Waals surface area contributed by atoms with Crippen LogP contribution in [0.3, 0.4) is 0 Å². The Morgan fingerprint density at radius 3 is 2.44 bits per heavy atom. The number of fused-ring (bicyclic) bond motifs is 1. The standard InChI is InChI=1S/C26H20ClFO4/c1-26(2,3)16-9-7-15(8-10-16)25(30)31-17-11-12-18-22(13-17)32-23(24(18)29)14-19-20(27)5-4-6-21(19)28/h4-14H,1-3H3. The average Bonchev–Trinajstić information content (AvgIpc) is 3.05. The van der Waals surface area contributed by atoms with Crippen molar-refractivity contribution in [2.45, 2.75) is 26.2 Å². The van der Waals surface area contributed by atoms with Gasteiger partial charge in [0.25, 0.3) is 0 Å². The van der Waals surface area contributed by atoms with E-state index in [4.69, 9.17) is 21.1 Å². The summed E-state index contributed by atoms with van der Waals surface area (Å²) in [7, 11) is 0. The number of esters is 1. The molecule has 3 aromatic rings. The molecule has 3 aromatic carbocycles. The molecule has 0 N–H and O–H groups in total. The number of ketones is 1. The molecular formula is C26H20ClFO4. The first kappa shape index (κ1) is 21.8. The number of halogens is 2. The molecule has 0 atom stereocenters. The van der Waals surface area contributed by atoms with Crippen LogP contribution in [0.1, 0.15) is 52.6 Å². The van der Waals surface area contributed by atoms with Crippen LogP contribution in [0.2, 0.25) is 5.02 Å². The summed E-state index contributed by atoms with van der Waals surface area (Å²) < 4.78 is 25.1. The van der Waals surface area contributed by atoms with Crippen molar-refractivity contribution in [2.24, 2.45) is 0 Å². The summed E-state index contributed by atoms with van der Waals surface area (Å²) in [5, 5.41) is 0.164. The molecule has 0 unspecified atom stereocenters. The van der Waals surface area contributed by atoms with Crippen molar-refractivity contribution in [1.29, 1.82) is 0 Å². The van der Waals surface area contributed by atoms with Crippen LogP contribution in [-0.4, -0.2) is 11.8 Å². The first-order chi connectivity index (χ1) is 15.1. The van der Waals surface area contributed by atoms with Crippen molar-refractivity contribution in [1.82, 2.24) is 0 Å². The second-order valence-electron chi connectivity index (χ2n) is 8.45. The number of rotatable bonds is 3. The fourth-order valence-corrected chi connectivity index (χ4v) is 3.50. The van der Waals surface area contributed by atoms with Gasteiger partial charge in [-0.25, -0.2) is 9.18 Å². The van der Waals surface area contributed by atoms with Gasteiger partial charge in [-0.3, -0.25) is 4.79 Å². The largest absolute Gasteiger partial charge is 0.452 e. The number of benzene rings is 3. The topological polar surface area (TPSA) is 52.6 Å². The third kappa shape index (κ3) is 4.30. The highest BCUT2D eigenvalue weighted by molar-refractivity contribution is 6.32. The first-order valence-electron chi connectivity index (χ1n) is 9.98. The molecule has 0 saturated carbocycles. The van der Waals surface area contributed by atoms with Gasteiger partial charge in [0.1, 0.15) is 17.3 Å². The lowest BCUT2D eigenvalue weighted by Crippen LogP contribution is -2.12. The van der Waals surface area contributed by atoms with Gasteiger partial charge in [-0.05, 0) is 53.5 Å². The summed E-state index contributed by atoms with van der Waals surface area (Å²) in [5.74, 6) is -1.11. The number of hydrogen-bond acceptors (Lipinski definition) is 4. The van der Waals surface area contributed by atoms with Crippen molar-refractivity contribution < 1.29 is 23.5 Å². The molecule has 0 bridgehead atoms. The number of carbonyl (C=O) groups excluding carboxylic acids is 2. The quantitative estimate of drug-likeness (QED) is 0.256. The van der Waals surface area contributed by atoms with Crippen molar-refractivity contribution >= 4 is 29.4 Å². The Balaban J connectivity index is 1.54. The highest BCUT2D eigenvalue weighted by Crippen LogP contribution is 2.36. The molecule has 1 aliphatic rings. The number of carbonyl (C=O) groups is 2. The fraction of sp³-hybridized carbons (Fsp3) is 0.154. The molecule has 32 heavy (non-hydrogen) atoms. The molecule has 162 valence electrons. The van der Waals surface area contributed by atoms with E-state index in [1.165, 1.54) is 42.5 Å². The Labute approximate surface area is 190 Å². The van der Waals surface area contributed by atoms with Gasteiger partial charge in [-0.2, -0.15) is 0 Å². The second kappa shape index (κ2) is 8.24. The van der Waals surface area contributed by atoms with E-state index >= 15 is 0 Å². The zero-order valence-electron chi connectivity index (χ0n) is 17.7. The van der Waals surface area contributed by atoms with Gasteiger partial charge < -0.3 is 9.47 Å². The van der Waals surface area contributed by atoms with Crippen LogP contribution >= 0.6 is 11.6 Å². The summed E-state index contributed by atoms with van der Waals surface area (Å²) >= 11 is 6.03. The molecule has 4 rings (SSSR count). The molecule has 0 aromatic heterocycles. The average molecular weight is 451 g/mol. The SMILES string of the molecule is CC(C)(C)c1ccc(C(=O)Oc2ccc3c(c2)OC(=Cc2c(F)cccc2Cl)C3=O)cc1. The summed E-state index contributed by atoms with van der Waals surface area (Å²) in [6.07, 6.45) is 1.27. The van der Waals surface area contributed by atoms with Crippen LogP contribution < -0.4 is 9.47 Å². The maximum absolute atomic E-state index is 14.1. The van der Waals surface area contributed by atoms with Crippen molar-refractivity contribution in [2.75, 3.05) is 0 Å². The van der Waals surface area contributed by atoms with Crippen molar-refractivity contribution in [3.8, 4) is 11.5 Å². The van der Waals surface area contributed by atoms with Gasteiger partial charge in [0.05, 0.1) is 16.1 Å². The van der Waals surface area contributed by atoms with Gasteiger partial charge >= 0.3 is 5.97 Å². The van der Waals surface area contributed by atoms with E-state index in [-0.39, 0.29) is 38.8 Å². The molecule has 0 radical (unpaired) electrons. The third-order valence-electron chi connectivity index (χ3n) is 5.11. The number of ether oxygens (including phenoxy) is 2. The molecule has 1 aliphatic heterocycles. The number of allylic oxidation sites excluding steroid dienone is 1. The third-order valence-corrected chi connectivity index (χ3v) is 5.44. The van der Waals surface area contributed by atoms with Crippen LogP contribution in [0, 0.1) is 5.82 Å². The number of hydrogen-bond donors (Lipinski definition) is 0. The van der Waals surface area contributed by atoms with Gasteiger partial charge in [-0.1, -0.05) is 50.6 Å². The highest BCUT2D eigenvalue weighted by atomic mass is 35.5. The minimum atomic E-state index is -0.565. The van der Waals surface area contributed by atoms with Crippen LogP contribution in [0.25, 0.3) is 6.08 Å². The lowest BCUT2D eigenvalue weighted by Gasteiger charge is -2.18. The Kier molecular flexibility index (Phi) is 5.61. The monoisotopic (exact) mass is 450 g/mol. The maximum Gasteiger partial charge on any atom is 0.343 e. The van der Waals surface area contributed by atoms with E-state index in [2.05, 4.69) is 20.8 Å². The lowest BCUT2D eigenvalue weighted by molar-refractivity contribution is 0.0734. The second-order valence-corrected chi connectivity index (χ2v) is 8.86. The van der Waals surface area contributed by atoms with Crippen LogP contribution in [-0.2, 0) is 5.41 Å². The lowest BCUT2D eigenvalue weighted by atomic mass is 9.87. The summed E-state index contributed by atoms with van der Waals surface area (Å²) in [6.45, 7) is 6.28. The molecule has 0 fully saturated rings. The van der Waals surface area contributed by atoms with Gasteiger partial charge in [0, 0.05) is 11.6 Å². The van der Waals surface area contributed by atoms with Crippen LogP contribution in [0.5, 0.6) is 11.5 Å². The summed E-state index contributed by atoms with van der Waals surface area (Å²) in [5.41, 5.74) is 1.84. The Hall–Kier alpha value is -3.44. The van der Waals surface area contributed by atoms with Crippen molar-refractivity contribution in [3.63, 3.8) is 0 Å². The maximum atomic E-state index is 14.1. The molecule has 0 amide bonds. The molecule has 0 aliphatic carbocycles. The molecule has 4 nitrogen and oxygen atoms in total. The van der Waals surface area contributed by atoms with Gasteiger partial charge in [0.2, 0.25) is 5.78 Å². The fourth-order valence-electron chi connectivity index (χ4n) is 3.28. The predicted molar refractivity (Wildman–Crippen MR) is 121 cm³/mol. The smallest absolute Gasteiger partial charge is 0.343 e. The first-order valence-corrected chi connectivity index (χ1v) is 10.4. The Morgan fingerprint density at radius 2 is 1.78 bits per heavy atom. The Morgan fingerprint density at radius 1 is 1.06 bits per heavy atom. The van der Waals surface area contributed by atoms with Crippen molar-refractivity contribution in [3.05, 3.63) is 99.5 Å². The van der Waals surface area contributed by atoms with Crippen LogP contribution in [0.15, 0.2) is 66.4 Å². The minimum Gasteiger partial charge on any atom is -0.452 e. The van der Waals surface area contributed by atoms with Gasteiger partial charge in [0.15, 0.2) is 5.76 Å². The van der Waals surface area contributed by atoms with E-state index in [0.29, 0.717) is 5.56 Å². The van der Waals surface area contributed by atoms with E-state index in [0.717, 1.165) is 5.56 Å². The van der Waals surface area contributed by atoms with E-state index in [1.54, 1.807) is 12.1 Å². The molecule has 0 spiro atoms. The minimum absolute atomic E-state index is 0.0234. The summed E-state index contributed by atoms with van der Waals surface area (Å²) in [4.78, 5) is 25.1. The Bertz CT molecular complexity index is 1230.